The molecule has 1 atom stereocenters. The summed E-state index contributed by atoms with van der Waals surface area (Å²) in [6.45, 7) is 0.770. The van der Waals surface area contributed by atoms with E-state index >= 15 is 0 Å². The van der Waals surface area contributed by atoms with Gasteiger partial charge in [-0.15, -0.1) is 0 Å². The summed E-state index contributed by atoms with van der Waals surface area (Å²) in [5, 5.41) is -0.222. The smallest absolute Gasteiger partial charge is 0.0683 e. The van der Waals surface area contributed by atoms with Gasteiger partial charge in [-0.3, -0.25) is 4.21 Å². The Bertz CT molecular complexity index is 88.2. The fourth-order valence-corrected chi connectivity index (χ4v) is 0.740. The van der Waals surface area contributed by atoms with Crippen LogP contribution in [0.2, 0.25) is 0 Å². The van der Waals surface area contributed by atoms with Gasteiger partial charge in [0, 0.05) is 0 Å². The van der Waals surface area contributed by atoms with Gasteiger partial charge in [-0.25, -0.2) is 0 Å². The number of hydrogen-bond acceptors (Lipinski definition) is 3. The van der Waals surface area contributed by atoms with Gasteiger partial charge in [-0.1, -0.05) is 0 Å². The highest BCUT2D eigenvalue weighted by atomic mass is 32.2. The quantitative estimate of drug-likeness (QED) is 0.429. The summed E-state index contributed by atoms with van der Waals surface area (Å²) in [4.78, 5) is 0. The van der Waals surface area contributed by atoms with Crippen molar-refractivity contribution in [3.05, 3.63) is 0 Å². The monoisotopic (exact) mass is 121 g/mol. The van der Waals surface area contributed by atoms with Gasteiger partial charge in [0.25, 0.3) is 0 Å². The highest BCUT2D eigenvalue weighted by Gasteiger charge is 2.18. The normalized spacial score (nSPS) is 26.4. The van der Waals surface area contributed by atoms with Crippen LogP contribution in [-0.4, -0.2) is 27.2 Å². The van der Waals surface area contributed by atoms with E-state index in [2.05, 4.69) is 4.74 Å². The second kappa shape index (κ2) is 1.90. The standard InChI is InChI=1S/C3H6O3S/c4-7(5)3-1-6-2-3/h3H,1-2H2,(H,4,5)/p-1. The molecule has 1 aliphatic heterocycles. The molecule has 1 aliphatic rings. The van der Waals surface area contributed by atoms with Crippen LogP contribution in [0.15, 0.2) is 0 Å². The van der Waals surface area contributed by atoms with Crippen LogP contribution in [0.5, 0.6) is 0 Å². The van der Waals surface area contributed by atoms with Crippen molar-refractivity contribution < 1.29 is 13.5 Å². The summed E-state index contributed by atoms with van der Waals surface area (Å²) >= 11 is -1.90. The second-order valence-electron chi connectivity index (χ2n) is 1.42. The molecule has 1 saturated heterocycles. The molecule has 0 aromatic carbocycles. The van der Waals surface area contributed by atoms with Gasteiger partial charge < -0.3 is 9.29 Å². The zero-order chi connectivity index (χ0) is 5.28. The first-order valence-corrected chi connectivity index (χ1v) is 3.10. The molecule has 4 heteroatoms. The number of hydrogen-bond donors (Lipinski definition) is 0. The third-order valence-corrected chi connectivity index (χ3v) is 1.70. The van der Waals surface area contributed by atoms with E-state index in [-0.39, 0.29) is 5.25 Å². The predicted octanol–water partition coefficient (Wildman–Crippen LogP) is -0.736. The maximum absolute atomic E-state index is 9.90. The van der Waals surface area contributed by atoms with Crippen LogP contribution in [0.25, 0.3) is 0 Å². The number of ether oxygens (including phenoxy) is 1. The highest BCUT2D eigenvalue weighted by Crippen LogP contribution is 2.05. The third kappa shape index (κ3) is 0.992. The molecular weight excluding hydrogens is 116 g/mol. The molecule has 0 radical (unpaired) electrons. The Morgan fingerprint density at radius 3 is 2.29 bits per heavy atom. The van der Waals surface area contributed by atoms with Crippen molar-refractivity contribution in [3.63, 3.8) is 0 Å². The molecule has 0 aliphatic carbocycles. The van der Waals surface area contributed by atoms with Crippen LogP contribution in [0.4, 0.5) is 0 Å². The minimum atomic E-state index is -1.90. The minimum Gasteiger partial charge on any atom is -0.772 e. The Labute approximate surface area is 44.0 Å². The van der Waals surface area contributed by atoms with Crippen LogP contribution in [0.1, 0.15) is 0 Å². The molecule has 0 aromatic heterocycles. The molecule has 0 saturated carbocycles. The van der Waals surface area contributed by atoms with Gasteiger partial charge in [-0.05, 0) is 11.1 Å². The Morgan fingerprint density at radius 1 is 1.71 bits per heavy atom. The van der Waals surface area contributed by atoms with E-state index in [1.54, 1.807) is 0 Å². The lowest BCUT2D eigenvalue weighted by atomic mass is 10.4. The Balaban J connectivity index is 2.27. The summed E-state index contributed by atoms with van der Waals surface area (Å²) in [6, 6.07) is 0. The predicted molar refractivity (Wildman–Crippen MR) is 23.5 cm³/mol. The van der Waals surface area contributed by atoms with Gasteiger partial charge in [0.15, 0.2) is 0 Å². The summed E-state index contributed by atoms with van der Waals surface area (Å²) in [7, 11) is 0. The van der Waals surface area contributed by atoms with E-state index in [1.165, 1.54) is 0 Å². The first kappa shape index (κ1) is 5.21. The SMILES string of the molecule is O=S([O-])C1COC1. The Morgan fingerprint density at radius 2 is 2.29 bits per heavy atom. The van der Waals surface area contributed by atoms with Gasteiger partial charge in [0.05, 0.1) is 18.5 Å². The largest absolute Gasteiger partial charge is 0.772 e. The van der Waals surface area contributed by atoms with Gasteiger partial charge in [0.1, 0.15) is 0 Å². The molecule has 0 aromatic rings. The lowest BCUT2D eigenvalue weighted by Gasteiger charge is -2.27. The molecule has 3 nitrogen and oxygen atoms in total. The first-order valence-electron chi connectivity index (χ1n) is 1.96. The van der Waals surface area contributed by atoms with E-state index in [0.29, 0.717) is 13.2 Å². The van der Waals surface area contributed by atoms with E-state index in [0.717, 1.165) is 0 Å². The minimum absolute atomic E-state index is 0.222. The molecule has 0 amide bonds. The molecule has 1 rings (SSSR count). The maximum Gasteiger partial charge on any atom is 0.0683 e. The lowest BCUT2D eigenvalue weighted by Crippen LogP contribution is -2.37. The van der Waals surface area contributed by atoms with Crippen molar-refractivity contribution in [2.24, 2.45) is 0 Å². The van der Waals surface area contributed by atoms with E-state index in [1.807, 2.05) is 0 Å². The van der Waals surface area contributed by atoms with Crippen molar-refractivity contribution in [2.45, 2.75) is 5.25 Å². The van der Waals surface area contributed by atoms with Crippen molar-refractivity contribution in [1.29, 1.82) is 0 Å². The summed E-state index contributed by atoms with van der Waals surface area (Å²) in [6.07, 6.45) is 0. The van der Waals surface area contributed by atoms with Crippen LogP contribution in [0, 0.1) is 0 Å². The molecule has 1 heterocycles. The van der Waals surface area contributed by atoms with Crippen molar-refractivity contribution >= 4 is 11.1 Å². The number of rotatable bonds is 1. The Kier molecular flexibility index (Phi) is 1.41. The first-order chi connectivity index (χ1) is 3.30. The molecular formula is C3H5O3S-. The lowest BCUT2D eigenvalue weighted by molar-refractivity contribution is 0.0408. The fraction of sp³-hybridized carbons (Fsp3) is 1.00. The average molecular weight is 121 g/mol. The maximum atomic E-state index is 9.90. The topological polar surface area (TPSA) is 49.4 Å². The van der Waals surface area contributed by atoms with Crippen molar-refractivity contribution in [3.8, 4) is 0 Å². The molecule has 0 N–H and O–H groups in total. The highest BCUT2D eigenvalue weighted by molar-refractivity contribution is 7.79. The average Bonchev–Trinajstić information content (AvgIpc) is 1.23. The van der Waals surface area contributed by atoms with Gasteiger partial charge >= 0.3 is 0 Å². The van der Waals surface area contributed by atoms with Crippen molar-refractivity contribution in [2.75, 3.05) is 13.2 Å². The zero-order valence-electron chi connectivity index (χ0n) is 3.62. The molecule has 1 unspecified atom stereocenters. The van der Waals surface area contributed by atoms with Crippen LogP contribution in [-0.2, 0) is 15.8 Å². The van der Waals surface area contributed by atoms with Crippen LogP contribution >= 0.6 is 0 Å². The van der Waals surface area contributed by atoms with Crippen LogP contribution in [0.3, 0.4) is 0 Å². The molecule has 0 spiro atoms. The van der Waals surface area contributed by atoms with E-state index in [4.69, 9.17) is 0 Å². The molecule has 0 bridgehead atoms. The molecule has 42 valence electrons. The zero-order valence-corrected chi connectivity index (χ0v) is 4.44. The Hall–Kier alpha value is 0.0700. The second-order valence-corrected chi connectivity index (χ2v) is 2.61. The summed E-state index contributed by atoms with van der Waals surface area (Å²) in [5.41, 5.74) is 0. The molecule has 7 heavy (non-hydrogen) atoms. The van der Waals surface area contributed by atoms with E-state index < -0.39 is 11.1 Å². The van der Waals surface area contributed by atoms with Crippen molar-refractivity contribution in [1.82, 2.24) is 0 Å². The van der Waals surface area contributed by atoms with Gasteiger partial charge in [0.2, 0.25) is 0 Å². The van der Waals surface area contributed by atoms with E-state index in [9.17, 15) is 8.76 Å². The third-order valence-electron chi connectivity index (χ3n) is 0.880. The fourth-order valence-electron chi connectivity index (χ4n) is 0.325. The van der Waals surface area contributed by atoms with Crippen LogP contribution < -0.4 is 0 Å². The summed E-state index contributed by atoms with van der Waals surface area (Å²) < 4.78 is 24.4. The summed E-state index contributed by atoms with van der Waals surface area (Å²) in [5.74, 6) is 0. The van der Waals surface area contributed by atoms with Gasteiger partial charge in [-0.2, -0.15) is 0 Å². The molecule has 1 fully saturated rings.